The summed E-state index contributed by atoms with van der Waals surface area (Å²) in [7, 11) is 0. The number of nitrogens with zero attached hydrogens (tertiary/aromatic N) is 3. The summed E-state index contributed by atoms with van der Waals surface area (Å²) in [6.07, 6.45) is 3.07. The van der Waals surface area contributed by atoms with E-state index in [4.69, 9.17) is 0 Å². The maximum atomic E-state index is 13.1. The normalized spacial score (nSPS) is 21.6. The van der Waals surface area contributed by atoms with Crippen molar-refractivity contribution in [2.24, 2.45) is 0 Å². The summed E-state index contributed by atoms with van der Waals surface area (Å²) in [6.45, 7) is 8.82. The summed E-state index contributed by atoms with van der Waals surface area (Å²) in [4.78, 5) is 19.7. The molecular weight excluding hydrogens is 314 g/mol. The molecule has 2 aliphatic rings. The van der Waals surface area contributed by atoms with E-state index >= 15 is 0 Å². The zero-order chi connectivity index (χ0) is 17.8. The highest BCUT2D eigenvalue weighted by atomic mass is 16.3. The number of amides is 1. The molecule has 0 saturated carbocycles. The van der Waals surface area contributed by atoms with Gasteiger partial charge in [-0.2, -0.15) is 0 Å². The van der Waals surface area contributed by atoms with Gasteiger partial charge in [0.05, 0.1) is 12.6 Å². The van der Waals surface area contributed by atoms with Crippen molar-refractivity contribution in [3.05, 3.63) is 29.8 Å². The van der Waals surface area contributed by atoms with Gasteiger partial charge in [-0.25, -0.2) is 0 Å². The largest absolute Gasteiger partial charge is 0.395 e. The Morgan fingerprint density at radius 1 is 1.12 bits per heavy atom. The molecule has 1 aromatic rings. The lowest BCUT2D eigenvalue weighted by Crippen LogP contribution is -2.57. The Bertz CT molecular complexity index is 580. The van der Waals surface area contributed by atoms with Gasteiger partial charge in [0.15, 0.2) is 0 Å². The van der Waals surface area contributed by atoms with Gasteiger partial charge in [0.1, 0.15) is 0 Å². The first-order valence-electron chi connectivity index (χ1n) is 9.64. The van der Waals surface area contributed by atoms with E-state index in [1.165, 1.54) is 5.56 Å². The van der Waals surface area contributed by atoms with Gasteiger partial charge < -0.3 is 10.0 Å². The highest BCUT2D eigenvalue weighted by Crippen LogP contribution is 2.28. The van der Waals surface area contributed by atoms with E-state index in [0.717, 1.165) is 57.7 Å². The number of rotatable bonds is 5. The van der Waals surface area contributed by atoms with E-state index in [-0.39, 0.29) is 24.6 Å². The van der Waals surface area contributed by atoms with Crippen LogP contribution < -0.4 is 4.90 Å². The molecule has 1 amide bonds. The van der Waals surface area contributed by atoms with Crippen molar-refractivity contribution in [3.8, 4) is 0 Å². The molecule has 0 aromatic heterocycles. The Kier molecular flexibility index (Phi) is 6.10. The molecular formula is C20H31N3O2. The molecule has 2 unspecified atom stereocenters. The number of aliphatic hydroxyl groups excluding tert-OH is 1. The third-order valence-corrected chi connectivity index (χ3v) is 5.83. The number of fused-ring (bicyclic) bond motifs is 1. The number of benzene rings is 1. The van der Waals surface area contributed by atoms with Crippen molar-refractivity contribution in [2.45, 2.75) is 45.2 Å². The predicted octanol–water partition coefficient (Wildman–Crippen LogP) is 1.74. The first-order chi connectivity index (χ1) is 12.2. The lowest BCUT2D eigenvalue weighted by molar-refractivity contribution is -0.124. The summed E-state index contributed by atoms with van der Waals surface area (Å²) < 4.78 is 0. The molecule has 0 radical (unpaired) electrons. The van der Waals surface area contributed by atoms with E-state index in [0.29, 0.717) is 0 Å². The monoisotopic (exact) mass is 345 g/mol. The van der Waals surface area contributed by atoms with Crippen LogP contribution in [0.15, 0.2) is 24.3 Å². The minimum absolute atomic E-state index is 0.0949. The second-order valence-electron chi connectivity index (χ2n) is 7.21. The number of hydrogen-bond donors (Lipinski definition) is 1. The molecule has 1 N–H and O–H groups in total. The highest BCUT2D eigenvalue weighted by Gasteiger charge is 2.32. The molecule has 25 heavy (non-hydrogen) atoms. The van der Waals surface area contributed by atoms with Crippen molar-refractivity contribution >= 4 is 11.6 Å². The number of carbonyl (C=O) groups is 1. The van der Waals surface area contributed by atoms with Crippen LogP contribution >= 0.6 is 0 Å². The summed E-state index contributed by atoms with van der Waals surface area (Å²) in [5, 5.41) is 9.49. The van der Waals surface area contributed by atoms with Gasteiger partial charge in [-0.1, -0.05) is 25.1 Å². The predicted molar refractivity (Wildman–Crippen MR) is 101 cm³/mol. The summed E-state index contributed by atoms with van der Waals surface area (Å²) in [6, 6.07) is 8.45. The SMILES string of the molecule is CCC(CO)N1CCN(C(C)C(=O)N2CCCc3ccccc32)CC1. The molecule has 138 valence electrons. The van der Waals surface area contributed by atoms with Crippen LogP contribution in [-0.4, -0.2) is 72.2 Å². The van der Waals surface area contributed by atoms with Crippen LogP contribution in [0.1, 0.15) is 32.3 Å². The van der Waals surface area contributed by atoms with Gasteiger partial charge in [0.25, 0.3) is 0 Å². The van der Waals surface area contributed by atoms with Crippen LogP contribution in [0.3, 0.4) is 0 Å². The maximum absolute atomic E-state index is 13.1. The Hall–Kier alpha value is -1.43. The molecule has 2 heterocycles. The highest BCUT2D eigenvalue weighted by molar-refractivity contribution is 5.98. The van der Waals surface area contributed by atoms with Crippen LogP contribution in [0, 0.1) is 0 Å². The molecule has 0 spiro atoms. The molecule has 3 rings (SSSR count). The molecule has 5 nitrogen and oxygen atoms in total. The molecule has 1 saturated heterocycles. The van der Waals surface area contributed by atoms with Crippen LogP contribution in [-0.2, 0) is 11.2 Å². The fourth-order valence-electron chi connectivity index (χ4n) is 4.14. The molecule has 0 bridgehead atoms. The topological polar surface area (TPSA) is 47.0 Å². The number of piperazine rings is 1. The molecule has 2 atom stereocenters. The fourth-order valence-corrected chi connectivity index (χ4v) is 4.14. The first kappa shape index (κ1) is 18.4. The van der Waals surface area contributed by atoms with Gasteiger partial charge in [-0.15, -0.1) is 0 Å². The fraction of sp³-hybridized carbons (Fsp3) is 0.650. The summed E-state index contributed by atoms with van der Waals surface area (Å²) in [5.74, 6) is 0.217. The van der Waals surface area contributed by atoms with Gasteiger partial charge in [-0.3, -0.25) is 14.6 Å². The number of aliphatic hydroxyl groups is 1. The van der Waals surface area contributed by atoms with E-state index in [9.17, 15) is 9.90 Å². The van der Waals surface area contributed by atoms with E-state index in [2.05, 4.69) is 34.9 Å². The molecule has 5 heteroatoms. The Morgan fingerprint density at radius 3 is 2.48 bits per heavy atom. The van der Waals surface area contributed by atoms with Crippen molar-refractivity contribution in [1.82, 2.24) is 9.80 Å². The minimum Gasteiger partial charge on any atom is -0.395 e. The van der Waals surface area contributed by atoms with Crippen LogP contribution in [0.2, 0.25) is 0 Å². The quantitative estimate of drug-likeness (QED) is 0.883. The van der Waals surface area contributed by atoms with Gasteiger partial charge >= 0.3 is 0 Å². The molecule has 0 aliphatic carbocycles. The Morgan fingerprint density at radius 2 is 1.80 bits per heavy atom. The van der Waals surface area contributed by atoms with E-state index in [1.807, 2.05) is 17.9 Å². The van der Waals surface area contributed by atoms with Gasteiger partial charge in [0.2, 0.25) is 5.91 Å². The first-order valence-corrected chi connectivity index (χ1v) is 9.64. The lowest BCUT2D eigenvalue weighted by Gasteiger charge is -2.42. The lowest BCUT2D eigenvalue weighted by atomic mass is 10.0. The second-order valence-corrected chi connectivity index (χ2v) is 7.21. The number of hydrogen-bond acceptors (Lipinski definition) is 4. The van der Waals surface area contributed by atoms with Crippen molar-refractivity contribution in [1.29, 1.82) is 0 Å². The Balaban J connectivity index is 1.63. The third-order valence-electron chi connectivity index (χ3n) is 5.83. The number of para-hydroxylation sites is 1. The zero-order valence-electron chi connectivity index (χ0n) is 15.5. The van der Waals surface area contributed by atoms with Crippen LogP contribution in [0.5, 0.6) is 0 Å². The smallest absolute Gasteiger partial charge is 0.244 e. The van der Waals surface area contributed by atoms with Gasteiger partial charge in [0, 0.05) is 44.5 Å². The van der Waals surface area contributed by atoms with Crippen LogP contribution in [0.25, 0.3) is 0 Å². The average Bonchev–Trinajstić information content (AvgIpc) is 2.68. The van der Waals surface area contributed by atoms with Crippen molar-refractivity contribution < 1.29 is 9.90 Å². The van der Waals surface area contributed by atoms with Crippen molar-refractivity contribution in [3.63, 3.8) is 0 Å². The summed E-state index contributed by atoms with van der Waals surface area (Å²) in [5.41, 5.74) is 2.38. The second kappa shape index (κ2) is 8.30. The number of carbonyl (C=O) groups excluding carboxylic acids is 1. The average molecular weight is 345 g/mol. The van der Waals surface area contributed by atoms with Crippen molar-refractivity contribution in [2.75, 3.05) is 44.2 Å². The third kappa shape index (κ3) is 3.89. The number of aryl methyl sites for hydroxylation is 1. The van der Waals surface area contributed by atoms with E-state index < -0.39 is 0 Å². The van der Waals surface area contributed by atoms with E-state index in [1.54, 1.807) is 0 Å². The van der Waals surface area contributed by atoms with Crippen LogP contribution in [0.4, 0.5) is 5.69 Å². The molecule has 1 fully saturated rings. The molecule has 2 aliphatic heterocycles. The Labute approximate surface area is 151 Å². The number of anilines is 1. The van der Waals surface area contributed by atoms with Gasteiger partial charge in [-0.05, 0) is 37.8 Å². The summed E-state index contributed by atoms with van der Waals surface area (Å²) >= 11 is 0. The zero-order valence-corrected chi connectivity index (χ0v) is 15.5. The minimum atomic E-state index is -0.0949. The maximum Gasteiger partial charge on any atom is 0.244 e. The molecule has 1 aromatic carbocycles. The standard InChI is InChI=1S/C20H31N3O2/c1-3-18(15-24)22-13-11-21(12-14-22)16(2)20(25)23-10-6-8-17-7-4-5-9-19(17)23/h4-5,7,9,16,18,24H,3,6,8,10-15H2,1-2H3.